The number of hydrogen-bond acceptors (Lipinski definition) is 4. The van der Waals surface area contributed by atoms with Crippen LogP contribution in [0.5, 0.6) is 0 Å². The van der Waals surface area contributed by atoms with Gasteiger partial charge >= 0.3 is 5.97 Å². The first-order valence-corrected chi connectivity index (χ1v) is 8.66. The molecule has 2 fully saturated rings. The topological polar surface area (TPSA) is 38.3 Å². The molecular formula is C15H27NO2S. The van der Waals surface area contributed by atoms with Crippen LogP contribution in [0.4, 0.5) is 0 Å². The number of rotatable bonds is 8. The van der Waals surface area contributed by atoms with E-state index < -0.39 is 5.54 Å². The predicted octanol–water partition coefficient (Wildman–Crippen LogP) is 3.13. The van der Waals surface area contributed by atoms with Crippen LogP contribution in [-0.4, -0.2) is 35.7 Å². The van der Waals surface area contributed by atoms with E-state index in [1.165, 1.54) is 51.4 Å². The Morgan fingerprint density at radius 1 is 1.32 bits per heavy atom. The van der Waals surface area contributed by atoms with Crippen LogP contribution in [0.25, 0.3) is 0 Å². The first kappa shape index (κ1) is 15.2. The lowest BCUT2D eigenvalue weighted by Gasteiger charge is -2.28. The third-order valence-electron chi connectivity index (χ3n) is 4.21. The molecule has 0 aromatic rings. The quantitative estimate of drug-likeness (QED) is 0.549. The standard InChI is InChI=1S/C15H27NO2S/c1-15(14(17)18-2,16-12-8-9-12)10-5-11-19-13-6-3-4-7-13/h12-13,16H,3-11H2,1-2H3. The summed E-state index contributed by atoms with van der Waals surface area (Å²) in [5.74, 6) is 1.06. The van der Waals surface area contributed by atoms with E-state index in [1.807, 2.05) is 6.92 Å². The molecule has 1 atom stereocenters. The van der Waals surface area contributed by atoms with Gasteiger partial charge in [-0.05, 0) is 51.2 Å². The summed E-state index contributed by atoms with van der Waals surface area (Å²) in [6, 6.07) is 0.534. The lowest BCUT2D eigenvalue weighted by molar-refractivity contribution is -0.148. The fourth-order valence-electron chi connectivity index (χ4n) is 2.87. The van der Waals surface area contributed by atoms with Gasteiger partial charge in [0.25, 0.3) is 0 Å². The Morgan fingerprint density at radius 2 is 2.00 bits per heavy atom. The lowest BCUT2D eigenvalue weighted by Crippen LogP contribution is -2.51. The van der Waals surface area contributed by atoms with E-state index in [-0.39, 0.29) is 5.97 Å². The zero-order valence-electron chi connectivity index (χ0n) is 12.2. The van der Waals surface area contributed by atoms with Gasteiger partial charge in [-0.2, -0.15) is 11.8 Å². The van der Waals surface area contributed by atoms with Crippen LogP contribution < -0.4 is 5.32 Å². The van der Waals surface area contributed by atoms with Crippen LogP contribution in [0.15, 0.2) is 0 Å². The van der Waals surface area contributed by atoms with E-state index in [4.69, 9.17) is 4.74 Å². The van der Waals surface area contributed by atoms with Crippen LogP contribution in [0, 0.1) is 0 Å². The zero-order valence-corrected chi connectivity index (χ0v) is 13.1. The number of methoxy groups -OCH3 is 1. The molecule has 4 heteroatoms. The minimum absolute atomic E-state index is 0.106. The first-order chi connectivity index (χ1) is 9.14. The SMILES string of the molecule is COC(=O)C(C)(CCCSC1CCCC1)NC1CC1. The number of nitrogens with one attached hydrogen (secondary N) is 1. The summed E-state index contributed by atoms with van der Waals surface area (Å²) in [5, 5.41) is 4.34. The molecule has 2 rings (SSSR count). The molecule has 0 spiro atoms. The second-order valence-electron chi connectivity index (χ2n) is 6.12. The van der Waals surface area contributed by atoms with Crippen molar-refractivity contribution in [2.45, 2.75) is 75.1 Å². The van der Waals surface area contributed by atoms with Crippen molar-refractivity contribution in [1.29, 1.82) is 0 Å². The van der Waals surface area contributed by atoms with Crippen molar-refractivity contribution < 1.29 is 9.53 Å². The van der Waals surface area contributed by atoms with Crippen molar-refractivity contribution in [2.75, 3.05) is 12.9 Å². The first-order valence-electron chi connectivity index (χ1n) is 7.62. The van der Waals surface area contributed by atoms with Gasteiger partial charge in [-0.1, -0.05) is 12.8 Å². The molecule has 0 aromatic heterocycles. The van der Waals surface area contributed by atoms with Crippen LogP contribution in [0.1, 0.15) is 58.3 Å². The summed E-state index contributed by atoms with van der Waals surface area (Å²) in [7, 11) is 1.49. The Kier molecular flexibility index (Phi) is 5.58. The van der Waals surface area contributed by atoms with Crippen molar-refractivity contribution in [3.8, 4) is 0 Å². The van der Waals surface area contributed by atoms with Gasteiger partial charge in [-0.15, -0.1) is 0 Å². The fraction of sp³-hybridized carbons (Fsp3) is 0.933. The largest absolute Gasteiger partial charge is 0.468 e. The second kappa shape index (κ2) is 6.98. The molecule has 3 nitrogen and oxygen atoms in total. The van der Waals surface area contributed by atoms with Gasteiger partial charge < -0.3 is 4.74 Å². The summed E-state index contributed by atoms with van der Waals surface area (Å²) in [4.78, 5) is 12.0. The maximum absolute atomic E-state index is 12.0. The molecule has 0 amide bonds. The molecule has 0 aromatic carbocycles. The summed E-state index contributed by atoms with van der Waals surface area (Å²) >= 11 is 2.10. The van der Waals surface area contributed by atoms with Gasteiger partial charge in [-0.25, -0.2) is 0 Å². The number of ether oxygens (including phenoxy) is 1. The van der Waals surface area contributed by atoms with Gasteiger partial charge in [0, 0.05) is 11.3 Å². The van der Waals surface area contributed by atoms with Crippen LogP contribution >= 0.6 is 11.8 Å². The highest BCUT2D eigenvalue weighted by atomic mass is 32.2. The maximum atomic E-state index is 12.0. The summed E-state index contributed by atoms with van der Waals surface area (Å²) in [5.41, 5.74) is -0.480. The van der Waals surface area contributed by atoms with E-state index in [0.717, 1.165) is 18.1 Å². The van der Waals surface area contributed by atoms with Crippen LogP contribution in [0.3, 0.4) is 0 Å². The summed E-state index contributed by atoms with van der Waals surface area (Å²) in [6.07, 6.45) is 9.95. The lowest BCUT2D eigenvalue weighted by atomic mass is 9.96. The predicted molar refractivity (Wildman–Crippen MR) is 80.5 cm³/mol. The van der Waals surface area contributed by atoms with Crippen molar-refractivity contribution in [2.24, 2.45) is 0 Å². The molecule has 110 valence electrons. The van der Waals surface area contributed by atoms with Gasteiger partial charge in [0.15, 0.2) is 0 Å². The van der Waals surface area contributed by atoms with E-state index in [2.05, 4.69) is 17.1 Å². The highest BCUT2D eigenvalue weighted by Gasteiger charge is 2.38. The number of carbonyl (C=O) groups excluding carboxylic acids is 1. The summed E-state index contributed by atoms with van der Waals surface area (Å²) < 4.78 is 4.97. The van der Waals surface area contributed by atoms with E-state index in [0.29, 0.717) is 6.04 Å². The Hall–Kier alpha value is -0.220. The van der Waals surface area contributed by atoms with Crippen molar-refractivity contribution in [3.05, 3.63) is 0 Å². The monoisotopic (exact) mass is 285 g/mol. The van der Waals surface area contributed by atoms with Gasteiger partial charge in [0.05, 0.1) is 7.11 Å². The van der Waals surface area contributed by atoms with Gasteiger partial charge in [-0.3, -0.25) is 10.1 Å². The van der Waals surface area contributed by atoms with Gasteiger partial charge in [0.1, 0.15) is 5.54 Å². The van der Waals surface area contributed by atoms with Gasteiger partial charge in [0.2, 0.25) is 0 Å². The average Bonchev–Trinajstić information content (AvgIpc) is 3.06. The Bertz CT molecular complexity index is 301. The molecule has 0 aliphatic heterocycles. The molecule has 2 aliphatic carbocycles. The summed E-state index contributed by atoms with van der Waals surface area (Å²) in [6.45, 7) is 2.00. The molecular weight excluding hydrogens is 258 g/mol. The molecule has 0 bridgehead atoms. The highest BCUT2D eigenvalue weighted by Crippen LogP contribution is 2.31. The molecule has 2 aliphatic rings. The Labute approximate surface area is 121 Å². The number of carbonyl (C=O) groups is 1. The Morgan fingerprint density at radius 3 is 2.58 bits per heavy atom. The smallest absolute Gasteiger partial charge is 0.325 e. The van der Waals surface area contributed by atoms with Crippen molar-refractivity contribution in [1.82, 2.24) is 5.32 Å². The van der Waals surface area contributed by atoms with Crippen molar-refractivity contribution >= 4 is 17.7 Å². The maximum Gasteiger partial charge on any atom is 0.325 e. The van der Waals surface area contributed by atoms with E-state index >= 15 is 0 Å². The number of esters is 1. The molecule has 0 saturated heterocycles. The van der Waals surface area contributed by atoms with E-state index in [1.54, 1.807) is 0 Å². The molecule has 0 radical (unpaired) electrons. The third-order valence-corrected chi connectivity index (χ3v) is 5.68. The number of hydrogen-bond donors (Lipinski definition) is 1. The molecule has 1 N–H and O–H groups in total. The molecule has 19 heavy (non-hydrogen) atoms. The minimum atomic E-state index is -0.480. The zero-order chi connectivity index (χ0) is 13.7. The van der Waals surface area contributed by atoms with E-state index in [9.17, 15) is 4.79 Å². The van der Waals surface area contributed by atoms with Crippen LogP contribution in [0.2, 0.25) is 0 Å². The normalized spacial score (nSPS) is 23.3. The average molecular weight is 285 g/mol. The molecule has 2 saturated carbocycles. The Balaban J connectivity index is 1.70. The molecule has 0 heterocycles. The highest BCUT2D eigenvalue weighted by molar-refractivity contribution is 7.99. The second-order valence-corrected chi connectivity index (χ2v) is 7.53. The molecule has 1 unspecified atom stereocenters. The van der Waals surface area contributed by atoms with Crippen LogP contribution in [-0.2, 0) is 9.53 Å². The fourth-order valence-corrected chi connectivity index (χ4v) is 4.18. The number of thioether (sulfide) groups is 1. The third kappa shape index (κ3) is 4.67. The van der Waals surface area contributed by atoms with Crippen molar-refractivity contribution in [3.63, 3.8) is 0 Å². The minimum Gasteiger partial charge on any atom is -0.468 e.